The number of rotatable bonds is 17. The van der Waals surface area contributed by atoms with Crippen LogP contribution >= 0.6 is 0 Å². The third-order valence-electron chi connectivity index (χ3n) is 10.1. The highest BCUT2D eigenvalue weighted by atomic mass is 16.5. The van der Waals surface area contributed by atoms with Crippen molar-refractivity contribution in [2.75, 3.05) is 52.1 Å². The van der Waals surface area contributed by atoms with Gasteiger partial charge in [0.15, 0.2) is 0 Å². The second kappa shape index (κ2) is 17.3. The highest BCUT2D eigenvalue weighted by molar-refractivity contribution is 5.67. The average molecular weight is 713 g/mol. The van der Waals surface area contributed by atoms with Crippen molar-refractivity contribution in [3.8, 4) is 28.8 Å². The van der Waals surface area contributed by atoms with E-state index in [9.17, 15) is 5.26 Å². The van der Waals surface area contributed by atoms with Gasteiger partial charge >= 0.3 is 0 Å². The van der Waals surface area contributed by atoms with Crippen molar-refractivity contribution in [2.24, 2.45) is 0 Å². The van der Waals surface area contributed by atoms with E-state index in [-0.39, 0.29) is 6.10 Å². The zero-order valence-corrected chi connectivity index (χ0v) is 30.0. The van der Waals surface area contributed by atoms with Crippen molar-refractivity contribution in [3.05, 3.63) is 55.0 Å². The predicted molar refractivity (Wildman–Crippen MR) is 191 cm³/mol. The molecule has 15 nitrogen and oxygen atoms in total. The first kappa shape index (κ1) is 35.8. The molecule has 276 valence electrons. The minimum Gasteiger partial charge on any atom is -0.487 e. The Kier molecular flexibility index (Phi) is 11.9. The first-order chi connectivity index (χ1) is 25.6. The van der Waals surface area contributed by atoms with E-state index in [2.05, 4.69) is 41.0 Å². The van der Waals surface area contributed by atoms with E-state index in [4.69, 9.17) is 28.8 Å². The van der Waals surface area contributed by atoms with Crippen LogP contribution in [0.4, 0.5) is 11.6 Å². The minimum absolute atomic E-state index is 0.234. The van der Waals surface area contributed by atoms with Gasteiger partial charge in [-0.25, -0.2) is 19.6 Å². The fourth-order valence-corrected chi connectivity index (χ4v) is 7.60. The Labute approximate surface area is 304 Å². The monoisotopic (exact) mass is 712 g/mol. The molecule has 0 spiro atoms. The van der Waals surface area contributed by atoms with Gasteiger partial charge in [0, 0.05) is 56.2 Å². The number of nitrogens with zero attached hydrogens (tertiary/aromatic N) is 9. The molecule has 7 rings (SSSR count). The molecule has 2 saturated heterocycles. The molecular weight excluding hydrogens is 664 g/mol. The number of benzene rings is 1. The summed E-state index contributed by atoms with van der Waals surface area (Å²) < 4.78 is 32.6. The summed E-state index contributed by atoms with van der Waals surface area (Å²) >= 11 is 0. The molecule has 3 aliphatic rings. The van der Waals surface area contributed by atoms with Crippen LogP contribution in [0.2, 0.25) is 0 Å². The summed E-state index contributed by atoms with van der Waals surface area (Å²) in [6, 6.07) is 9.75. The van der Waals surface area contributed by atoms with Crippen molar-refractivity contribution >= 4 is 11.6 Å². The lowest BCUT2D eigenvalue weighted by Gasteiger charge is -2.43. The molecule has 3 aromatic heterocycles. The number of fused-ring (bicyclic) bond motifs is 2. The summed E-state index contributed by atoms with van der Waals surface area (Å²) in [5.41, 5.74) is 2.78. The van der Waals surface area contributed by atoms with Crippen molar-refractivity contribution in [1.29, 1.82) is 5.26 Å². The predicted octanol–water partition coefficient (Wildman–Crippen LogP) is 4.79. The first-order valence-electron chi connectivity index (χ1n) is 18.3. The number of ether oxygens (including phenoxy) is 5. The molecule has 0 radical (unpaired) electrons. The third-order valence-corrected chi connectivity index (χ3v) is 10.1. The highest BCUT2D eigenvalue weighted by Gasteiger charge is 2.42. The van der Waals surface area contributed by atoms with E-state index in [1.54, 1.807) is 36.6 Å². The maximum Gasteiger partial charge on any atom is 0.256 e. The largest absolute Gasteiger partial charge is 0.487 e. The lowest BCUT2D eigenvalue weighted by Crippen LogP contribution is -2.52. The standard InChI is InChI=1S/C37H48N10O5/c1-26(20-45-25-39-24-42-45)52-35-16-27(4-5-28(35)17-38)29-18-40-37(41-19-29)43-34-21-46(44-36(34)51-13-3-12-49-15-14-48-2)30-6-8-31(9-7-30)47-32-10-11-33(47)23-50-22-32/h4-5,16,18-19,21,24-26,30-33H,3,6-15,20,22-23H2,1-2H3,(H,40,41,43)/t26?,30?,31?,32-,33+. The van der Waals surface area contributed by atoms with Gasteiger partial charge in [0.1, 0.15) is 36.3 Å². The molecule has 3 atom stereocenters. The van der Waals surface area contributed by atoms with Crippen LogP contribution < -0.4 is 14.8 Å². The van der Waals surface area contributed by atoms with Gasteiger partial charge in [0.05, 0.1) is 57.4 Å². The smallest absolute Gasteiger partial charge is 0.256 e. The van der Waals surface area contributed by atoms with Crippen LogP contribution in [-0.2, 0) is 20.8 Å². The molecule has 1 unspecified atom stereocenters. The molecular formula is C37H48N10O5. The van der Waals surface area contributed by atoms with Gasteiger partial charge in [-0.2, -0.15) is 10.4 Å². The third kappa shape index (κ3) is 8.70. The Morgan fingerprint density at radius 2 is 1.73 bits per heavy atom. The molecule has 52 heavy (non-hydrogen) atoms. The number of anilines is 2. The van der Waals surface area contributed by atoms with Gasteiger partial charge in [0.2, 0.25) is 5.95 Å². The molecule has 2 bridgehead atoms. The Morgan fingerprint density at radius 3 is 2.46 bits per heavy atom. The van der Waals surface area contributed by atoms with Gasteiger partial charge < -0.3 is 29.0 Å². The molecule has 3 fully saturated rings. The number of hydrogen-bond donors (Lipinski definition) is 1. The number of hydrogen-bond acceptors (Lipinski definition) is 13. The molecule has 1 aromatic carbocycles. The number of nitriles is 1. The Bertz CT molecular complexity index is 1740. The number of aromatic nitrogens is 7. The molecule has 5 heterocycles. The maximum atomic E-state index is 9.71. The summed E-state index contributed by atoms with van der Waals surface area (Å²) in [6.45, 7) is 6.34. The molecule has 0 amide bonds. The normalized spacial score (nSPS) is 22.2. The quantitative estimate of drug-likeness (QED) is 0.149. The second-order valence-corrected chi connectivity index (χ2v) is 13.8. The fourth-order valence-electron chi connectivity index (χ4n) is 7.60. The van der Waals surface area contributed by atoms with Crippen LogP contribution in [-0.4, -0.2) is 110 Å². The van der Waals surface area contributed by atoms with Crippen LogP contribution in [0, 0.1) is 11.3 Å². The molecule has 1 saturated carbocycles. The van der Waals surface area contributed by atoms with Crippen molar-refractivity contribution < 1.29 is 23.7 Å². The Morgan fingerprint density at radius 1 is 0.962 bits per heavy atom. The van der Waals surface area contributed by atoms with E-state index < -0.39 is 0 Å². The van der Waals surface area contributed by atoms with E-state index in [1.807, 2.05) is 25.3 Å². The van der Waals surface area contributed by atoms with Crippen LogP contribution in [0.3, 0.4) is 0 Å². The van der Waals surface area contributed by atoms with E-state index >= 15 is 0 Å². The summed E-state index contributed by atoms with van der Waals surface area (Å²) in [4.78, 5) is 16.0. The van der Waals surface area contributed by atoms with Crippen molar-refractivity contribution in [2.45, 2.75) is 88.7 Å². The van der Waals surface area contributed by atoms with Crippen LogP contribution in [0.5, 0.6) is 11.6 Å². The van der Waals surface area contributed by atoms with Gasteiger partial charge in [-0.1, -0.05) is 6.07 Å². The molecule has 15 heteroatoms. The summed E-state index contributed by atoms with van der Waals surface area (Å²) in [6.07, 6.45) is 16.1. The lowest BCUT2D eigenvalue weighted by atomic mass is 9.89. The van der Waals surface area contributed by atoms with E-state index in [1.165, 1.54) is 19.2 Å². The van der Waals surface area contributed by atoms with Gasteiger partial charge in [0.25, 0.3) is 5.88 Å². The summed E-state index contributed by atoms with van der Waals surface area (Å²) in [7, 11) is 1.66. The topological polar surface area (TPSA) is 160 Å². The molecule has 2 aliphatic heterocycles. The maximum absolute atomic E-state index is 9.71. The van der Waals surface area contributed by atoms with Gasteiger partial charge in [-0.15, -0.1) is 5.10 Å². The van der Waals surface area contributed by atoms with E-state index in [0.29, 0.717) is 80.3 Å². The summed E-state index contributed by atoms with van der Waals surface area (Å²) in [5, 5.41) is 22.1. The Balaban J connectivity index is 1.01. The zero-order valence-electron chi connectivity index (χ0n) is 30.0. The zero-order chi connectivity index (χ0) is 35.7. The number of methoxy groups -OCH3 is 1. The van der Waals surface area contributed by atoms with Crippen LogP contribution in [0.25, 0.3) is 11.1 Å². The summed E-state index contributed by atoms with van der Waals surface area (Å²) in [5.74, 6) is 1.43. The van der Waals surface area contributed by atoms with E-state index in [0.717, 1.165) is 62.1 Å². The Hall–Kier alpha value is -4.62. The molecule has 1 aliphatic carbocycles. The van der Waals surface area contributed by atoms with Crippen LogP contribution in [0.15, 0.2) is 49.4 Å². The number of morpholine rings is 1. The highest BCUT2D eigenvalue weighted by Crippen LogP contribution is 2.39. The van der Waals surface area contributed by atoms with Crippen molar-refractivity contribution in [1.82, 2.24) is 39.4 Å². The lowest BCUT2D eigenvalue weighted by molar-refractivity contribution is -0.0458. The van der Waals surface area contributed by atoms with Crippen molar-refractivity contribution in [3.63, 3.8) is 0 Å². The van der Waals surface area contributed by atoms with Crippen LogP contribution in [0.1, 0.15) is 63.5 Å². The molecule has 1 N–H and O–H groups in total. The second-order valence-electron chi connectivity index (χ2n) is 13.8. The fraction of sp³-hybridized carbons (Fsp3) is 0.568. The van der Waals surface area contributed by atoms with Gasteiger partial charge in [-0.05, 0) is 63.1 Å². The minimum atomic E-state index is -0.234. The first-order valence-corrected chi connectivity index (χ1v) is 18.3. The molecule has 4 aromatic rings. The number of nitrogens with one attached hydrogen (secondary N) is 1. The average Bonchev–Trinajstić information content (AvgIpc) is 3.89. The van der Waals surface area contributed by atoms with Gasteiger partial charge in [-0.3, -0.25) is 9.58 Å². The SMILES string of the molecule is COCCOCCCOc1nn(C2CCC(N3[C@@H]4CC[C@H]3COC4)CC2)cc1Nc1ncc(-c2ccc(C#N)c(OC(C)Cn3cncn3)c2)cn1.